The maximum absolute atomic E-state index is 11.0. The molecule has 2 heterocycles. The van der Waals surface area contributed by atoms with Crippen molar-refractivity contribution in [3.63, 3.8) is 0 Å². The summed E-state index contributed by atoms with van der Waals surface area (Å²) < 4.78 is 5.42. The van der Waals surface area contributed by atoms with Crippen molar-refractivity contribution in [3.05, 3.63) is 53.8 Å². The minimum absolute atomic E-state index is 0.0460. The minimum atomic E-state index is -0.0460. The van der Waals surface area contributed by atoms with Gasteiger partial charge in [-0.05, 0) is 36.8 Å². The molecule has 0 spiro atoms. The molecule has 156 valence electrons. The van der Waals surface area contributed by atoms with Crippen molar-refractivity contribution in [2.45, 2.75) is 13.3 Å². The summed E-state index contributed by atoms with van der Waals surface area (Å²) in [7, 11) is 1.57. The Bertz CT molecular complexity index is 1010. The first-order chi connectivity index (χ1) is 14.6. The second-order valence-electron chi connectivity index (χ2n) is 6.41. The third kappa shape index (κ3) is 5.81. The molecule has 0 saturated heterocycles. The first-order valence-electron chi connectivity index (χ1n) is 9.44. The monoisotopic (exact) mass is 426 g/mol. The fourth-order valence-electron chi connectivity index (χ4n) is 2.81. The van der Waals surface area contributed by atoms with Crippen molar-refractivity contribution in [1.29, 1.82) is 0 Å². The van der Waals surface area contributed by atoms with Gasteiger partial charge >= 0.3 is 0 Å². The van der Waals surface area contributed by atoms with Crippen molar-refractivity contribution in [1.82, 2.24) is 20.3 Å². The van der Waals surface area contributed by atoms with E-state index in [-0.39, 0.29) is 5.91 Å². The van der Waals surface area contributed by atoms with Gasteiger partial charge in [-0.25, -0.2) is 15.0 Å². The van der Waals surface area contributed by atoms with Gasteiger partial charge in [-0.3, -0.25) is 4.79 Å². The molecule has 3 N–H and O–H groups in total. The molecule has 1 amide bonds. The first kappa shape index (κ1) is 21.3. The SMILES string of the molecule is COc1nccc(-c2ccnc(Nc3cccc(Cl)c3)n2)c1NCCCNC(C)=O. The van der Waals surface area contributed by atoms with E-state index >= 15 is 0 Å². The molecule has 0 bridgehead atoms. The van der Waals surface area contributed by atoms with Gasteiger partial charge in [0.1, 0.15) is 5.69 Å². The summed E-state index contributed by atoms with van der Waals surface area (Å²) in [6.07, 6.45) is 4.11. The van der Waals surface area contributed by atoms with Gasteiger partial charge in [0.25, 0.3) is 0 Å². The predicted molar refractivity (Wildman–Crippen MR) is 118 cm³/mol. The van der Waals surface area contributed by atoms with Crippen molar-refractivity contribution < 1.29 is 9.53 Å². The second kappa shape index (κ2) is 10.4. The van der Waals surface area contributed by atoms with Gasteiger partial charge in [0.15, 0.2) is 0 Å². The third-order valence-electron chi connectivity index (χ3n) is 4.15. The maximum Gasteiger partial charge on any atom is 0.237 e. The Hall–Kier alpha value is -3.39. The van der Waals surface area contributed by atoms with Crippen molar-refractivity contribution in [2.75, 3.05) is 30.8 Å². The molecule has 8 nitrogen and oxygen atoms in total. The first-order valence-corrected chi connectivity index (χ1v) is 9.82. The number of benzene rings is 1. The smallest absolute Gasteiger partial charge is 0.237 e. The Morgan fingerprint density at radius 2 is 1.97 bits per heavy atom. The molecule has 0 fully saturated rings. The van der Waals surface area contributed by atoms with Crippen LogP contribution in [-0.4, -0.2) is 41.1 Å². The molecule has 9 heteroatoms. The van der Waals surface area contributed by atoms with Gasteiger partial charge in [0.2, 0.25) is 17.7 Å². The highest BCUT2D eigenvalue weighted by molar-refractivity contribution is 6.30. The number of nitrogens with zero attached hydrogens (tertiary/aromatic N) is 3. The highest BCUT2D eigenvalue weighted by atomic mass is 35.5. The fraction of sp³-hybridized carbons (Fsp3) is 0.238. The van der Waals surface area contributed by atoms with E-state index in [9.17, 15) is 4.79 Å². The maximum atomic E-state index is 11.0. The number of carbonyl (C=O) groups is 1. The van der Waals surface area contributed by atoms with Gasteiger partial charge in [-0.15, -0.1) is 0 Å². The van der Waals surface area contributed by atoms with Crippen LogP contribution >= 0.6 is 11.6 Å². The number of rotatable bonds is 9. The normalized spacial score (nSPS) is 10.4. The van der Waals surface area contributed by atoms with Gasteiger partial charge < -0.3 is 20.7 Å². The van der Waals surface area contributed by atoms with Crippen LogP contribution in [0.1, 0.15) is 13.3 Å². The third-order valence-corrected chi connectivity index (χ3v) is 4.39. The molecular formula is C21H23ClN6O2. The topological polar surface area (TPSA) is 101 Å². The highest BCUT2D eigenvalue weighted by Gasteiger charge is 2.14. The molecule has 0 unspecified atom stereocenters. The zero-order valence-electron chi connectivity index (χ0n) is 16.8. The van der Waals surface area contributed by atoms with Crippen LogP contribution < -0.4 is 20.7 Å². The van der Waals surface area contributed by atoms with E-state index in [1.54, 1.807) is 31.6 Å². The molecule has 30 heavy (non-hydrogen) atoms. The Morgan fingerprint density at radius 1 is 1.13 bits per heavy atom. The fourth-order valence-corrected chi connectivity index (χ4v) is 3.00. The highest BCUT2D eigenvalue weighted by Crippen LogP contribution is 2.33. The zero-order valence-corrected chi connectivity index (χ0v) is 17.5. The number of hydrogen-bond acceptors (Lipinski definition) is 7. The number of hydrogen-bond donors (Lipinski definition) is 3. The van der Waals surface area contributed by atoms with Gasteiger partial charge in [0, 0.05) is 48.7 Å². The number of ether oxygens (including phenoxy) is 1. The molecule has 0 aliphatic heterocycles. The summed E-state index contributed by atoms with van der Waals surface area (Å²) in [5, 5.41) is 9.91. The molecule has 0 aliphatic carbocycles. The lowest BCUT2D eigenvalue weighted by atomic mass is 10.1. The van der Waals surface area contributed by atoms with Crippen LogP contribution in [0.25, 0.3) is 11.3 Å². The average Bonchev–Trinajstić information content (AvgIpc) is 2.73. The van der Waals surface area contributed by atoms with E-state index in [0.29, 0.717) is 35.6 Å². The van der Waals surface area contributed by atoms with E-state index in [1.807, 2.05) is 24.3 Å². The standard InChI is InChI=1S/C21H23ClN6O2/c1-14(29)23-9-4-10-24-19-17(7-11-25-20(19)30-2)18-8-12-26-21(28-18)27-16-6-3-5-15(22)13-16/h3,5-8,11-13,24H,4,9-10H2,1-2H3,(H,23,29)(H,26,27,28). The van der Waals surface area contributed by atoms with Crippen LogP contribution in [0.4, 0.5) is 17.3 Å². The van der Waals surface area contributed by atoms with Crippen molar-refractivity contribution in [2.24, 2.45) is 0 Å². The molecule has 0 radical (unpaired) electrons. The number of halogens is 1. The van der Waals surface area contributed by atoms with Gasteiger partial charge in [-0.1, -0.05) is 17.7 Å². The van der Waals surface area contributed by atoms with Crippen LogP contribution in [0.5, 0.6) is 5.88 Å². The number of anilines is 3. The molecule has 0 atom stereocenters. The number of amides is 1. The van der Waals surface area contributed by atoms with Crippen LogP contribution in [0, 0.1) is 0 Å². The molecule has 3 aromatic rings. The van der Waals surface area contributed by atoms with E-state index in [1.165, 1.54) is 6.92 Å². The predicted octanol–water partition coefficient (Wildman–Crippen LogP) is 3.88. The van der Waals surface area contributed by atoms with E-state index in [2.05, 4.69) is 30.9 Å². The van der Waals surface area contributed by atoms with Gasteiger partial charge in [-0.2, -0.15) is 0 Å². The van der Waals surface area contributed by atoms with Gasteiger partial charge in [0.05, 0.1) is 12.8 Å². The van der Waals surface area contributed by atoms with Crippen LogP contribution in [0.15, 0.2) is 48.8 Å². The van der Waals surface area contributed by atoms with E-state index < -0.39 is 0 Å². The summed E-state index contributed by atoms with van der Waals surface area (Å²) in [5.74, 6) is 0.868. The summed E-state index contributed by atoms with van der Waals surface area (Å²) >= 11 is 6.05. The Labute approximate surface area is 180 Å². The van der Waals surface area contributed by atoms with Crippen LogP contribution in [0.3, 0.4) is 0 Å². The van der Waals surface area contributed by atoms with Crippen molar-refractivity contribution >= 4 is 34.8 Å². The molecule has 2 aromatic heterocycles. The second-order valence-corrected chi connectivity index (χ2v) is 6.84. The number of pyridine rings is 1. The molecule has 3 rings (SSSR count). The summed E-state index contributed by atoms with van der Waals surface area (Å²) in [5.41, 5.74) is 3.07. The largest absolute Gasteiger partial charge is 0.480 e. The van der Waals surface area contributed by atoms with E-state index in [0.717, 1.165) is 23.4 Å². The Kier molecular flexibility index (Phi) is 7.40. The lowest BCUT2D eigenvalue weighted by Gasteiger charge is -2.15. The lowest BCUT2D eigenvalue weighted by molar-refractivity contribution is -0.118. The number of aromatic nitrogens is 3. The van der Waals surface area contributed by atoms with Crippen molar-refractivity contribution in [3.8, 4) is 17.1 Å². The Balaban J connectivity index is 1.81. The summed E-state index contributed by atoms with van der Waals surface area (Å²) in [6, 6.07) is 11.0. The summed E-state index contributed by atoms with van der Waals surface area (Å²) in [6.45, 7) is 2.72. The van der Waals surface area contributed by atoms with E-state index in [4.69, 9.17) is 16.3 Å². The number of methoxy groups -OCH3 is 1. The average molecular weight is 427 g/mol. The number of carbonyl (C=O) groups excluding carboxylic acids is 1. The molecule has 0 aliphatic rings. The number of nitrogens with one attached hydrogen (secondary N) is 3. The van der Waals surface area contributed by atoms with Crippen LogP contribution in [-0.2, 0) is 4.79 Å². The lowest BCUT2D eigenvalue weighted by Crippen LogP contribution is -2.22. The summed E-state index contributed by atoms with van der Waals surface area (Å²) in [4.78, 5) is 24.2. The molecule has 1 aromatic carbocycles. The quantitative estimate of drug-likeness (QED) is 0.446. The minimum Gasteiger partial charge on any atom is -0.480 e. The molecule has 0 saturated carbocycles. The Morgan fingerprint density at radius 3 is 2.73 bits per heavy atom. The zero-order chi connectivity index (χ0) is 21.3. The van der Waals surface area contributed by atoms with Crippen LogP contribution in [0.2, 0.25) is 5.02 Å². The molecular weight excluding hydrogens is 404 g/mol.